The number of aryl methyl sites for hydroxylation is 1. The number of fused-ring (bicyclic) bond motifs is 1. The quantitative estimate of drug-likeness (QED) is 0.471. The molecule has 0 saturated heterocycles. The Balaban J connectivity index is 0.000000647. The second-order valence-electron chi connectivity index (χ2n) is 6.27. The number of hydrogen-bond donors (Lipinski definition) is 0. The molecule has 0 atom stereocenters. The van der Waals surface area contributed by atoms with Crippen molar-refractivity contribution in [1.29, 1.82) is 0 Å². The van der Waals surface area contributed by atoms with E-state index in [0.29, 0.717) is 5.92 Å². The zero-order chi connectivity index (χ0) is 17.5. The molecule has 0 spiro atoms. The van der Waals surface area contributed by atoms with Crippen molar-refractivity contribution in [2.75, 3.05) is 0 Å². The van der Waals surface area contributed by atoms with Crippen LogP contribution in [0.15, 0.2) is 48.0 Å². The Morgan fingerprint density at radius 1 is 1.00 bits per heavy atom. The Morgan fingerprint density at radius 2 is 1.67 bits per heavy atom. The second kappa shape index (κ2) is 9.95. The molecule has 3 rings (SSSR count). The number of halogens is 2. The minimum atomic E-state index is -0.826. The predicted molar refractivity (Wildman–Crippen MR) is 104 cm³/mol. The van der Waals surface area contributed by atoms with Crippen molar-refractivity contribution in [1.82, 2.24) is 0 Å². The summed E-state index contributed by atoms with van der Waals surface area (Å²) in [6.07, 6.45) is 7.05. The van der Waals surface area contributed by atoms with Crippen LogP contribution in [0.4, 0.5) is 0 Å². The van der Waals surface area contributed by atoms with Crippen LogP contribution >= 0.6 is 17.0 Å². The Morgan fingerprint density at radius 3 is 2.25 bits per heavy atom. The maximum absolute atomic E-state index is 4.93. The first-order chi connectivity index (χ1) is 11.6. The van der Waals surface area contributed by atoms with Crippen molar-refractivity contribution in [2.24, 2.45) is 5.92 Å². The van der Waals surface area contributed by atoms with Crippen molar-refractivity contribution in [2.45, 2.75) is 33.6 Å². The number of rotatable bonds is 4. The molecule has 0 heterocycles. The monoisotopic (exact) mass is 435 g/mol. The van der Waals surface area contributed by atoms with Gasteiger partial charge in [0.1, 0.15) is 0 Å². The topological polar surface area (TPSA) is 0 Å². The van der Waals surface area contributed by atoms with Crippen LogP contribution in [-0.2, 0) is 27.3 Å². The Labute approximate surface area is 164 Å². The molecular formula is C21H23Cl2Zr. The van der Waals surface area contributed by atoms with Crippen LogP contribution in [0.1, 0.15) is 43.9 Å². The van der Waals surface area contributed by atoms with Gasteiger partial charge < -0.3 is 0 Å². The van der Waals surface area contributed by atoms with E-state index in [1.165, 1.54) is 46.2 Å². The normalized spacial score (nSPS) is 12.3. The van der Waals surface area contributed by atoms with Gasteiger partial charge in [-0.1, -0.05) is 81.3 Å². The molecule has 0 bridgehead atoms. The molecule has 0 amide bonds. The summed E-state index contributed by atoms with van der Waals surface area (Å²) in [4.78, 5) is 0. The van der Waals surface area contributed by atoms with E-state index in [1.54, 1.807) is 0 Å². The third-order valence-electron chi connectivity index (χ3n) is 4.24. The van der Waals surface area contributed by atoms with E-state index < -0.39 is 20.8 Å². The average Bonchev–Trinajstić information content (AvgIpc) is 3.01. The minimum absolute atomic E-state index is 0.581. The van der Waals surface area contributed by atoms with E-state index >= 15 is 0 Å². The predicted octanol–water partition coefficient (Wildman–Crippen LogP) is 7.29. The van der Waals surface area contributed by atoms with Gasteiger partial charge >= 0.3 is 37.9 Å². The van der Waals surface area contributed by atoms with Crippen molar-refractivity contribution in [3.8, 4) is 11.1 Å². The number of hydrogen-bond acceptors (Lipinski definition) is 0. The fraction of sp³-hybridized carbons (Fsp3) is 0.286. The molecule has 3 heteroatoms. The van der Waals surface area contributed by atoms with Crippen LogP contribution in [0.2, 0.25) is 0 Å². The average molecular weight is 438 g/mol. The van der Waals surface area contributed by atoms with Gasteiger partial charge in [-0.05, 0) is 40.2 Å². The van der Waals surface area contributed by atoms with Gasteiger partial charge in [0.2, 0.25) is 0 Å². The third-order valence-corrected chi connectivity index (χ3v) is 4.24. The van der Waals surface area contributed by atoms with Gasteiger partial charge in [0.25, 0.3) is 0 Å². The molecule has 125 valence electrons. The summed E-state index contributed by atoms with van der Waals surface area (Å²) >= 11 is -0.826. The number of benzene rings is 2. The van der Waals surface area contributed by atoms with E-state index in [4.69, 9.17) is 17.0 Å². The zero-order valence-electron chi connectivity index (χ0n) is 14.4. The molecular weight excluding hydrogens is 414 g/mol. The molecule has 0 aromatic heterocycles. The van der Waals surface area contributed by atoms with Crippen LogP contribution < -0.4 is 0 Å². The van der Waals surface area contributed by atoms with Gasteiger partial charge in [-0.25, -0.2) is 0 Å². The van der Waals surface area contributed by atoms with Crippen LogP contribution in [0.25, 0.3) is 17.2 Å². The van der Waals surface area contributed by atoms with Crippen LogP contribution in [0.3, 0.4) is 0 Å². The fourth-order valence-electron chi connectivity index (χ4n) is 2.98. The summed E-state index contributed by atoms with van der Waals surface area (Å²) in [7, 11) is 9.87. The van der Waals surface area contributed by atoms with Crippen LogP contribution in [0, 0.1) is 12.3 Å². The van der Waals surface area contributed by atoms with Gasteiger partial charge in [0.05, 0.1) is 0 Å². The molecule has 0 saturated carbocycles. The molecule has 2 aromatic carbocycles. The van der Waals surface area contributed by atoms with Gasteiger partial charge in [-0.2, -0.15) is 0 Å². The summed E-state index contributed by atoms with van der Waals surface area (Å²) in [5.41, 5.74) is 8.26. The molecule has 2 aromatic rings. The second-order valence-corrected chi connectivity index (χ2v) is 10.0. The molecule has 1 aliphatic carbocycles. The maximum atomic E-state index is 4.93. The first-order valence-corrected chi connectivity index (χ1v) is 14.7. The molecule has 0 N–H and O–H groups in total. The SMILES string of the molecule is CCCc1ccc(-c2cccc3c2C=C(C(C)C)[CH]3)cc1.[Cl][Zr][Cl]. The van der Waals surface area contributed by atoms with Crippen molar-refractivity contribution >= 4 is 23.1 Å². The standard InChI is InChI=1S/C21H23.2ClH.Zr/c1-4-6-16-9-11-17(12-10-16)20-8-5-7-18-13-19(15(2)3)14-21(18)20;;;/h5,7-15H,4,6H2,1-3H3;2*1H;/q;;;+2/p-2. The van der Waals surface area contributed by atoms with E-state index in [1.807, 2.05) is 0 Å². The van der Waals surface area contributed by atoms with Crippen molar-refractivity contribution < 1.29 is 20.8 Å². The van der Waals surface area contributed by atoms with Gasteiger partial charge in [0, 0.05) is 6.42 Å². The Kier molecular flexibility index (Phi) is 8.28. The molecule has 0 fully saturated rings. The van der Waals surface area contributed by atoms with E-state index in [9.17, 15) is 0 Å². The van der Waals surface area contributed by atoms with Crippen LogP contribution in [-0.4, -0.2) is 0 Å². The van der Waals surface area contributed by atoms with E-state index in [-0.39, 0.29) is 0 Å². The summed E-state index contributed by atoms with van der Waals surface area (Å²) in [6.45, 7) is 6.74. The number of allylic oxidation sites excluding steroid dienone is 1. The summed E-state index contributed by atoms with van der Waals surface area (Å²) < 4.78 is 0. The third kappa shape index (κ3) is 5.07. The summed E-state index contributed by atoms with van der Waals surface area (Å²) in [5.74, 6) is 0.581. The molecule has 0 aliphatic heterocycles. The van der Waals surface area contributed by atoms with Gasteiger partial charge in [-0.15, -0.1) is 0 Å². The molecule has 0 unspecified atom stereocenters. The summed E-state index contributed by atoms with van der Waals surface area (Å²) in [6, 6.07) is 15.7. The molecule has 24 heavy (non-hydrogen) atoms. The van der Waals surface area contributed by atoms with Crippen molar-refractivity contribution in [3.05, 3.63) is 71.1 Å². The van der Waals surface area contributed by atoms with Crippen LogP contribution in [0.5, 0.6) is 0 Å². The fourth-order valence-corrected chi connectivity index (χ4v) is 2.98. The molecule has 1 aliphatic rings. The Hall–Kier alpha value is -0.357. The Bertz CT molecular complexity index is 687. The first kappa shape index (κ1) is 20.0. The molecule has 1 radical (unpaired) electrons. The first-order valence-electron chi connectivity index (χ1n) is 8.35. The van der Waals surface area contributed by atoms with Gasteiger partial charge in [-0.3, -0.25) is 0 Å². The van der Waals surface area contributed by atoms with E-state index in [2.05, 4.69) is 75.7 Å². The summed E-state index contributed by atoms with van der Waals surface area (Å²) in [5, 5.41) is 0. The van der Waals surface area contributed by atoms with E-state index in [0.717, 1.165) is 0 Å². The van der Waals surface area contributed by atoms with Crippen molar-refractivity contribution in [3.63, 3.8) is 0 Å². The zero-order valence-corrected chi connectivity index (χ0v) is 18.4. The van der Waals surface area contributed by atoms with Gasteiger partial charge in [0.15, 0.2) is 0 Å². The molecule has 0 nitrogen and oxygen atoms in total.